The molecule has 1 aromatic carbocycles. The van der Waals surface area contributed by atoms with E-state index in [4.69, 9.17) is 9.72 Å². The van der Waals surface area contributed by atoms with Gasteiger partial charge in [-0.1, -0.05) is 19.3 Å². The molecule has 114 valence electrons. The third kappa shape index (κ3) is 3.22. The van der Waals surface area contributed by atoms with Crippen LogP contribution in [-0.2, 0) is 6.42 Å². The summed E-state index contributed by atoms with van der Waals surface area (Å²) >= 11 is 1.81. The molecule has 0 aliphatic heterocycles. The van der Waals surface area contributed by atoms with E-state index in [1.54, 1.807) is 0 Å². The van der Waals surface area contributed by atoms with Crippen molar-refractivity contribution >= 4 is 21.6 Å². The van der Waals surface area contributed by atoms with E-state index in [0.717, 1.165) is 17.7 Å². The topological polar surface area (TPSA) is 34.1 Å². The lowest BCUT2D eigenvalue weighted by Gasteiger charge is -2.36. The standard InChI is InChI=1S/C17H24N2OS/c1-3-20-13-7-8-14-15(11-13)21-16(19-14)12-17(18-2)9-5-4-6-10-17/h7-8,11,18H,3-6,9-10,12H2,1-2H3. The summed E-state index contributed by atoms with van der Waals surface area (Å²) in [6.07, 6.45) is 7.63. The minimum Gasteiger partial charge on any atom is -0.494 e. The fourth-order valence-corrected chi connectivity index (χ4v) is 4.46. The summed E-state index contributed by atoms with van der Waals surface area (Å²) in [7, 11) is 2.10. The average Bonchev–Trinajstić information content (AvgIpc) is 2.90. The molecule has 0 bridgehead atoms. The third-order valence-corrected chi connectivity index (χ3v) is 5.56. The van der Waals surface area contributed by atoms with Crippen LogP contribution in [0.15, 0.2) is 18.2 Å². The molecule has 0 saturated heterocycles. The Kier molecular flexibility index (Phi) is 4.45. The SMILES string of the molecule is CCOc1ccc2nc(CC3(NC)CCCCC3)sc2c1. The number of likely N-dealkylation sites (N-methyl/N-ethyl adjacent to an activating group) is 1. The number of hydrogen-bond donors (Lipinski definition) is 1. The number of thiazole rings is 1. The predicted octanol–water partition coefficient (Wildman–Crippen LogP) is 4.16. The van der Waals surface area contributed by atoms with Crippen molar-refractivity contribution in [2.75, 3.05) is 13.7 Å². The molecule has 1 aliphatic carbocycles. The number of rotatable bonds is 5. The minimum absolute atomic E-state index is 0.259. The summed E-state index contributed by atoms with van der Waals surface area (Å²) < 4.78 is 6.81. The Morgan fingerprint density at radius 2 is 2.10 bits per heavy atom. The molecule has 0 spiro atoms. The number of nitrogens with zero attached hydrogens (tertiary/aromatic N) is 1. The van der Waals surface area contributed by atoms with Crippen LogP contribution in [0.2, 0.25) is 0 Å². The van der Waals surface area contributed by atoms with Crippen LogP contribution in [0.1, 0.15) is 44.0 Å². The molecule has 1 fully saturated rings. The van der Waals surface area contributed by atoms with Gasteiger partial charge in [-0.05, 0) is 45.0 Å². The lowest BCUT2D eigenvalue weighted by molar-refractivity contribution is 0.244. The predicted molar refractivity (Wildman–Crippen MR) is 89.4 cm³/mol. The van der Waals surface area contributed by atoms with E-state index in [9.17, 15) is 0 Å². The first kappa shape index (κ1) is 14.8. The van der Waals surface area contributed by atoms with Gasteiger partial charge in [0.25, 0.3) is 0 Å². The minimum atomic E-state index is 0.259. The monoisotopic (exact) mass is 304 g/mol. The van der Waals surface area contributed by atoms with Crippen LogP contribution in [0.25, 0.3) is 10.2 Å². The van der Waals surface area contributed by atoms with Gasteiger partial charge in [0.05, 0.1) is 21.8 Å². The molecule has 0 radical (unpaired) electrons. The van der Waals surface area contributed by atoms with Crippen LogP contribution in [-0.4, -0.2) is 24.2 Å². The molecule has 4 heteroatoms. The summed E-state index contributed by atoms with van der Waals surface area (Å²) in [5.74, 6) is 0.946. The van der Waals surface area contributed by atoms with Crippen LogP contribution in [0.4, 0.5) is 0 Å². The van der Waals surface area contributed by atoms with Crippen molar-refractivity contribution < 1.29 is 4.74 Å². The molecule has 0 unspecified atom stereocenters. The Hall–Kier alpha value is -1.13. The number of nitrogens with one attached hydrogen (secondary N) is 1. The van der Waals surface area contributed by atoms with Crippen LogP contribution >= 0.6 is 11.3 Å². The highest BCUT2D eigenvalue weighted by molar-refractivity contribution is 7.18. The summed E-state index contributed by atoms with van der Waals surface area (Å²) in [4.78, 5) is 4.82. The van der Waals surface area contributed by atoms with Crippen LogP contribution in [0.5, 0.6) is 5.75 Å². The van der Waals surface area contributed by atoms with Crippen molar-refractivity contribution in [1.82, 2.24) is 10.3 Å². The number of aromatic nitrogens is 1. The number of hydrogen-bond acceptors (Lipinski definition) is 4. The van der Waals surface area contributed by atoms with E-state index in [-0.39, 0.29) is 5.54 Å². The highest BCUT2D eigenvalue weighted by Crippen LogP contribution is 2.34. The van der Waals surface area contributed by atoms with E-state index in [0.29, 0.717) is 6.61 Å². The molecule has 2 aromatic rings. The van der Waals surface area contributed by atoms with Crippen LogP contribution in [0, 0.1) is 0 Å². The Morgan fingerprint density at radius 3 is 2.81 bits per heavy atom. The number of fused-ring (bicyclic) bond motifs is 1. The first-order valence-electron chi connectivity index (χ1n) is 7.96. The Labute approximate surface area is 130 Å². The van der Waals surface area contributed by atoms with Crippen molar-refractivity contribution in [3.05, 3.63) is 23.2 Å². The zero-order valence-electron chi connectivity index (χ0n) is 12.9. The van der Waals surface area contributed by atoms with Gasteiger partial charge in [0.15, 0.2) is 0 Å². The summed E-state index contributed by atoms with van der Waals surface area (Å²) in [5, 5.41) is 4.83. The molecule has 1 heterocycles. The maximum absolute atomic E-state index is 5.58. The van der Waals surface area contributed by atoms with Gasteiger partial charge in [-0.15, -0.1) is 11.3 Å². The average molecular weight is 304 g/mol. The van der Waals surface area contributed by atoms with E-state index in [1.807, 2.05) is 24.3 Å². The highest BCUT2D eigenvalue weighted by Gasteiger charge is 2.31. The first-order valence-corrected chi connectivity index (χ1v) is 8.77. The summed E-state index contributed by atoms with van der Waals surface area (Å²) in [5.41, 5.74) is 1.36. The largest absolute Gasteiger partial charge is 0.494 e. The van der Waals surface area contributed by atoms with Gasteiger partial charge in [0.2, 0.25) is 0 Å². The van der Waals surface area contributed by atoms with E-state index >= 15 is 0 Å². The van der Waals surface area contributed by atoms with E-state index < -0.39 is 0 Å². The second-order valence-corrected chi connectivity index (χ2v) is 7.05. The normalized spacial score (nSPS) is 18.0. The number of ether oxygens (including phenoxy) is 1. The van der Waals surface area contributed by atoms with E-state index in [1.165, 1.54) is 41.8 Å². The van der Waals surface area contributed by atoms with Crippen LogP contribution in [0.3, 0.4) is 0 Å². The number of benzene rings is 1. The highest BCUT2D eigenvalue weighted by atomic mass is 32.1. The summed E-state index contributed by atoms with van der Waals surface area (Å²) in [6.45, 7) is 2.72. The molecule has 21 heavy (non-hydrogen) atoms. The van der Waals surface area contributed by atoms with Crippen molar-refractivity contribution in [2.24, 2.45) is 0 Å². The van der Waals surface area contributed by atoms with Gasteiger partial charge in [0, 0.05) is 12.0 Å². The zero-order chi connectivity index (χ0) is 14.7. The molecule has 0 amide bonds. The van der Waals surface area contributed by atoms with Crippen LogP contribution < -0.4 is 10.1 Å². The second-order valence-electron chi connectivity index (χ2n) is 5.94. The van der Waals surface area contributed by atoms with Gasteiger partial charge in [-0.3, -0.25) is 0 Å². The van der Waals surface area contributed by atoms with E-state index in [2.05, 4.69) is 24.5 Å². The maximum Gasteiger partial charge on any atom is 0.120 e. The molecule has 0 atom stereocenters. The third-order valence-electron chi connectivity index (χ3n) is 4.55. The fraction of sp³-hybridized carbons (Fsp3) is 0.588. The fourth-order valence-electron chi connectivity index (χ4n) is 3.32. The maximum atomic E-state index is 5.58. The zero-order valence-corrected chi connectivity index (χ0v) is 13.8. The van der Waals surface area contributed by atoms with Gasteiger partial charge in [0.1, 0.15) is 5.75 Å². The van der Waals surface area contributed by atoms with Gasteiger partial charge >= 0.3 is 0 Å². The first-order chi connectivity index (χ1) is 10.2. The molecule has 1 N–H and O–H groups in total. The van der Waals surface area contributed by atoms with Crippen molar-refractivity contribution in [3.8, 4) is 5.75 Å². The van der Waals surface area contributed by atoms with Gasteiger partial charge < -0.3 is 10.1 Å². The van der Waals surface area contributed by atoms with Gasteiger partial charge in [-0.2, -0.15) is 0 Å². The molecule has 1 aromatic heterocycles. The molecule has 3 rings (SSSR count). The molecule has 1 aliphatic rings. The summed E-state index contributed by atoms with van der Waals surface area (Å²) in [6, 6.07) is 6.21. The lowest BCUT2D eigenvalue weighted by atomic mass is 9.79. The molecule has 3 nitrogen and oxygen atoms in total. The van der Waals surface area contributed by atoms with Crippen molar-refractivity contribution in [1.29, 1.82) is 0 Å². The second kappa shape index (κ2) is 6.32. The Bertz CT molecular complexity index is 602. The smallest absolute Gasteiger partial charge is 0.120 e. The quantitative estimate of drug-likeness (QED) is 0.900. The lowest BCUT2D eigenvalue weighted by Crippen LogP contribution is -2.46. The Morgan fingerprint density at radius 1 is 1.29 bits per heavy atom. The molecular formula is C17H24N2OS. The Balaban J connectivity index is 1.83. The molecule has 1 saturated carbocycles. The molecular weight excluding hydrogens is 280 g/mol. The van der Waals surface area contributed by atoms with Gasteiger partial charge in [-0.25, -0.2) is 4.98 Å². The van der Waals surface area contributed by atoms with Crippen molar-refractivity contribution in [2.45, 2.75) is 51.0 Å². The van der Waals surface area contributed by atoms with Crippen molar-refractivity contribution in [3.63, 3.8) is 0 Å².